The van der Waals surface area contributed by atoms with E-state index >= 15 is 0 Å². The molecule has 0 amide bonds. The molecular formula is C34H22N4. The molecule has 0 bridgehead atoms. The number of fused-ring (bicyclic) bond motifs is 7. The molecule has 0 fully saturated rings. The Morgan fingerprint density at radius 3 is 1.95 bits per heavy atom. The topological polar surface area (TPSA) is 57.4 Å². The Kier molecular flexibility index (Phi) is 4.83. The van der Waals surface area contributed by atoms with Crippen LogP contribution in [0, 0.1) is 22.7 Å². The van der Waals surface area contributed by atoms with Crippen molar-refractivity contribution in [1.82, 2.24) is 9.13 Å². The summed E-state index contributed by atoms with van der Waals surface area (Å²) in [4.78, 5) is 0. The predicted molar refractivity (Wildman–Crippen MR) is 154 cm³/mol. The lowest BCUT2D eigenvalue weighted by atomic mass is 9.95. The Balaban J connectivity index is 1.52. The molecule has 7 rings (SSSR count). The fourth-order valence-corrected chi connectivity index (χ4v) is 6.03. The van der Waals surface area contributed by atoms with Gasteiger partial charge in [0.25, 0.3) is 0 Å². The zero-order valence-electron chi connectivity index (χ0n) is 20.8. The third kappa shape index (κ3) is 2.95. The van der Waals surface area contributed by atoms with Crippen LogP contribution in [0.2, 0.25) is 0 Å². The van der Waals surface area contributed by atoms with Crippen molar-refractivity contribution in [2.45, 2.75) is 13.5 Å². The van der Waals surface area contributed by atoms with Gasteiger partial charge in [0.1, 0.15) is 0 Å². The van der Waals surface area contributed by atoms with Crippen molar-refractivity contribution >= 4 is 43.6 Å². The molecule has 0 N–H and O–H groups in total. The van der Waals surface area contributed by atoms with Gasteiger partial charge in [-0.25, -0.2) is 0 Å². The van der Waals surface area contributed by atoms with E-state index in [1.807, 2.05) is 12.1 Å². The molecule has 0 spiro atoms. The van der Waals surface area contributed by atoms with Crippen LogP contribution < -0.4 is 0 Å². The van der Waals surface area contributed by atoms with E-state index in [0.717, 1.165) is 28.8 Å². The van der Waals surface area contributed by atoms with E-state index in [-0.39, 0.29) is 0 Å². The summed E-state index contributed by atoms with van der Waals surface area (Å²) in [6, 6.07) is 39.6. The first-order chi connectivity index (χ1) is 18.7. The van der Waals surface area contributed by atoms with Gasteiger partial charge < -0.3 is 9.13 Å². The van der Waals surface area contributed by atoms with Crippen LogP contribution in [0.15, 0.2) is 103 Å². The summed E-state index contributed by atoms with van der Waals surface area (Å²) in [5, 5.41) is 24.3. The van der Waals surface area contributed by atoms with E-state index in [0.29, 0.717) is 16.7 Å². The van der Waals surface area contributed by atoms with E-state index in [2.05, 4.69) is 101 Å². The fourth-order valence-electron chi connectivity index (χ4n) is 6.03. The van der Waals surface area contributed by atoms with Crippen molar-refractivity contribution < 1.29 is 0 Å². The van der Waals surface area contributed by atoms with E-state index in [1.165, 1.54) is 32.6 Å². The monoisotopic (exact) mass is 486 g/mol. The molecule has 0 saturated heterocycles. The molecule has 2 aromatic heterocycles. The van der Waals surface area contributed by atoms with Crippen LogP contribution in [0.25, 0.3) is 60.4 Å². The summed E-state index contributed by atoms with van der Waals surface area (Å²) >= 11 is 0. The predicted octanol–water partition coefficient (Wildman–Crippen LogP) is 8.32. The Hall–Kier alpha value is -5.32. The minimum absolute atomic E-state index is 0.503. The summed E-state index contributed by atoms with van der Waals surface area (Å²) in [6.07, 6.45) is 0. The van der Waals surface area contributed by atoms with Gasteiger partial charge in [0.05, 0.1) is 39.8 Å². The Morgan fingerprint density at radius 1 is 0.605 bits per heavy atom. The van der Waals surface area contributed by atoms with E-state index in [1.54, 1.807) is 18.2 Å². The molecule has 0 saturated carbocycles. The zero-order valence-corrected chi connectivity index (χ0v) is 20.8. The minimum Gasteiger partial charge on any atom is -0.340 e. The Labute approximate surface area is 219 Å². The number of aromatic nitrogens is 2. The molecule has 0 radical (unpaired) electrons. The third-order valence-corrected chi connectivity index (χ3v) is 7.60. The maximum atomic E-state index is 9.66. The summed E-state index contributed by atoms with van der Waals surface area (Å²) in [5.41, 5.74) is 8.39. The van der Waals surface area contributed by atoms with Crippen LogP contribution in [-0.2, 0) is 6.54 Å². The lowest BCUT2D eigenvalue weighted by Crippen LogP contribution is -1.96. The van der Waals surface area contributed by atoms with Crippen molar-refractivity contribution in [3.8, 4) is 29.0 Å². The number of nitriles is 2. The summed E-state index contributed by atoms with van der Waals surface area (Å²) in [6.45, 7) is 3.09. The second kappa shape index (κ2) is 8.37. The molecule has 0 aliphatic carbocycles. The molecule has 0 unspecified atom stereocenters. The largest absolute Gasteiger partial charge is 0.340 e. The SMILES string of the molecule is CCn1c2ccccc2c2ccc3c(c4ccccc4n3-c3ccc(-c4c(C#N)cccc4C#N)cc3)c21. The van der Waals surface area contributed by atoms with Crippen LogP contribution >= 0.6 is 0 Å². The quantitative estimate of drug-likeness (QED) is 0.252. The van der Waals surface area contributed by atoms with E-state index < -0.39 is 0 Å². The van der Waals surface area contributed by atoms with Gasteiger partial charge in [0.2, 0.25) is 0 Å². The molecule has 2 heterocycles. The smallest absolute Gasteiger partial charge is 0.0998 e. The first-order valence-electron chi connectivity index (χ1n) is 12.7. The van der Waals surface area contributed by atoms with Gasteiger partial charge in [0, 0.05) is 44.9 Å². The first kappa shape index (κ1) is 21.9. The van der Waals surface area contributed by atoms with Crippen LogP contribution in [0.3, 0.4) is 0 Å². The highest BCUT2D eigenvalue weighted by molar-refractivity contribution is 6.25. The number of hydrogen-bond acceptors (Lipinski definition) is 2. The molecular weight excluding hydrogens is 464 g/mol. The van der Waals surface area contributed by atoms with Crippen LogP contribution in [0.4, 0.5) is 0 Å². The molecule has 0 atom stereocenters. The number of para-hydroxylation sites is 2. The molecule has 38 heavy (non-hydrogen) atoms. The maximum absolute atomic E-state index is 9.66. The number of rotatable bonds is 3. The van der Waals surface area contributed by atoms with Gasteiger partial charge in [-0.3, -0.25) is 0 Å². The molecule has 5 aromatic carbocycles. The summed E-state index contributed by atoms with van der Waals surface area (Å²) < 4.78 is 4.74. The van der Waals surface area contributed by atoms with Gasteiger partial charge in [-0.2, -0.15) is 10.5 Å². The molecule has 0 aliphatic heterocycles. The van der Waals surface area contributed by atoms with Crippen LogP contribution in [0.1, 0.15) is 18.1 Å². The highest BCUT2D eigenvalue weighted by Crippen LogP contribution is 2.40. The van der Waals surface area contributed by atoms with Gasteiger partial charge in [-0.05, 0) is 55.0 Å². The zero-order chi connectivity index (χ0) is 25.8. The fraction of sp³-hybridized carbons (Fsp3) is 0.0588. The lowest BCUT2D eigenvalue weighted by Gasteiger charge is -2.11. The second-order valence-corrected chi connectivity index (χ2v) is 9.47. The minimum atomic E-state index is 0.503. The van der Waals surface area contributed by atoms with E-state index in [9.17, 15) is 10.5 Å². The summed E-state index contributed by atoms with van der Waals surface area (Å²) in [5.74, 6) is 0. The second-order valence-electron chi connectivity index (χ2n) is 9.47. The number of hydrogen-bond donors (Lipinski definition) is 0. The van der Waals surface area contributed by atoms with Gasteiger partial charge in [0.15, 0.2) is 0 Å². The van der Waals surface area contributed by atoms with Crippen LogP contribution in [0.5, 0.6) is 0 Å². The highest BCUT2D eigenvalue weighted by Gasteiger charge is 2.19. The van der Waals surface area contributed by atoms with Gasteiger partial charge >= 0.3 is 0 Å². The molecule has 178 valence electrons. The third-order valence-electron chi connectivity index (χ3n) is 7.60. The lowest BCUT2D eigenvalue weighted by molar-refractivity contribution is 0.829. The van der Waals surface area contributed by atoms with Crippen molar-refractivity contribution in [2.75, 3.05) is 0 Å². The number of benzene rings is 5. The van der Waals surface area contributed by atoms with Crippen LogP contribution in [-0.4, -0.2) is 9.13 Å². The Morgan fingerprint density at radius 2 is 1.26 bits per heavy atom. The Bertz CT molecular complexity index is 2090. The average Bonchev–Trinajstić information content (AvgIpc) is 3.49. The summed E-state index contributed by atoms with van der Waals surface area (Å²) in [7, 11) is 0. The normalized spacial score (nSPS) is 11.3. The van der Waals surface area contributed by atoms with Crippen molar-refractivity contribution in [3.05, 3.63) is 114 Å². The molecule has 0 aliphatic rings. The molecule has 4 nitrogen and oxygen atoms in total. The standard InChI is InChI=1S/C34H22N4/c1-2-37-29-12-5-3-10-26(29)27-18-19-31-33(34(27)37)28-11-4-6-13-30(28)38(31)25-16-14-22(15-17-25)32-23(20-35)8-7-9-24(32)21-36/h3-19H,2H2,1H3. The molecule has 4 heteroatoms. The highest BCUT2D eigenvalue weighted by atomic mass is 15.0. The number of nitrogens with zero attached hydrogens (tertiary/aromatic N) is 4. The first-order valence-corrected chi connectivity index (χ1v) is 12.7. The average molecular weight is 487 g/mol. The van der Waals surface area contributed by atoms with Crippen molar-refractivity contribution in [1.29, 1.82) is 10.5 Å². The van der Waals surface area contributed by atoms with Gasteiger partial charge in [-0.15, -0.1) is 0 Å². The maximum Gasteiger partial charge on any atom is 0.0998 e. The molecule has 7 aromatic rings. The van der Waals surface area contributed by atoms with E-state index in [4.69, 9.17) is 0 Å². The van der Waals surface area contributed by atoms with Crippen molar-refractivity contribution in [3.63, 3.8) is 0 Å². The van der Waals surface area contributed by atoms with Crippen molar-refractivity contribution in [2.24, 2.45) is 0 Å². The number of aryl methyl sites for hydroxylation is 1. The van der Waals surface area contributed by atoms with Gasteiger partial charge in [-0.1, -0.05) is 60.7 Å².